The minimum absolute atomic E-state index is 0.271. The summed E-state index contributed by atoms with van der Waals surface area (Å²) in [6, 6.07) is 4.59. The molecule has 19 heavy (non-hydrogen) atoms. The van der Waals surface area contributed by atoms with Crippen molar-refractivity contribution in [2.45, 2.75) is 52.9 Å². The predicted octanol–water partition coefficient (Wildman–Crippen LogP) is 4.35. The molecule has 0 heterocycles. The highest BCUT2D eigenvalue weighted by molar-refractivity contribution is 5.75. The minimum Gasteiger partial charge on any atom is -0.481 e. The van der Waals surface area contributed by atoms with Crippen LogP contribution in [-0.4, -0.2) is 11.1 Å². The van der Waals surface area contributed by atoms with E-state index in [0.717, 1.165) is 24.0 Å². The first-order chi connectivity index (χ1) is 8.95. The SMILES string of the molecule is CCCCC(CC)(Cc1ccc(F)cc1C)C(=O)O. The Labute approximate surface area is 114 Å². The highest BCUT2D eigenvalue weighted by atomic mass is 19.1. The Morgan fingerprint density at radius 3 is 2.53 bits per heavy atom. The lowest BCUT2D eigenvalue weighted by atomic mass is 9.74. The zero-order valence-electron chi connectivity index (χ0n) is 12.0. The zero-order valence-corrected chi connectivity index (χ0v) is 12.0. The van der Waals surface area contributed by atoms with Gasteiger partial charge in [0.25, 0.3) is 0 Å². The van der Waals surface area contributed by atoms with Crippen molar-refractivity contribution < 1.29 is 14.3 Å². The van der Waals surface area contributed by atoms with E-state index in [-0.39, 0.29) is 5.82 Å². The molecule has 1 rings (SSSR count). The number of aliphatic carboxylic acids is 1. The molecule has 1 unspecified atom stereocenters. The second kappa shape index (κ2) is 6.69. The molecule has 106 valence electrons. The first kappa shape index (κ1) is 15.7. The van der Waals surface area contributed by atoms with Crippen molar-refractivity contribution in [3.63, 3.8) is 0 Å². The Hall–Kier alpha value is -1.38. The van der Waals surface area contributed by atoms with Gasteiger partial charge >= 0.3 is 5.97 Å². The Morgan fingerprint density at radius 1 is 1.37 bits per heavy atom. The molecular weight excluding hydrogens is 243 g/mol. The molecule has 1 atom stereocenters. The summed E-state index contributed by atoms with van der Waals surface area (Å²) >= 11 is 0. The number of carboxylic acids is 1. The van der Waals surface area contributed by atoms with Gasteiger partial charge < -0.3 is 5.11 Å². The van der Waals surface area contributed by atoms with Crippen LogP contribution in [0.3, 0.4) is 0 Å². The van der Waals surface area contributed by atoms with Gasteiger partial charge in [-0.25, -0.2) is 4.39 Å². The number of rotatable bonds is 7. The predicted molar refractivity (Wildman–Crippen MR) is 74.7 cm³/mol. The first-order valence-electron chi connectivity index (χ1n) is 6.93. The third kappa shape index (κ3) is 3.79. The lowest BCUT2D eigenvalue weighted by Gasteiger charge is -2.29. The van der Waals surface area contributed by atoms with Gasteiger partial charge in [-0.1, -0.05) is 32.8 Å². The number of aryl methyl sites for hydroxylation is 1. The van der Waals surface area contributed by atoms with Crippen LogP contribution in [0.2, 0.25) is 0 Å². The van der Waals surface area contributed by atoms with Crippen LogP contribution in [0.5, 0.6) is 0 Å². The molecule has 0 bridgehead atoms. The number of carbonyl (C=O) groups is 1. The summed E-state index contributed by atoms with van der Waals surface area (Å²) in [4.78, 5) is 11.7. The van der Waals surface area contributed by atoms with Gasteiger partial charge in [-0.3, -0.25) is 4.79 Å². The first-order valence-corrected chi connectivity index (χ1v) is 6.93. The smallest absolute Gasteiger partial charge is 0.309 e. The Morgan fingerprint density at radius 2 is 2.05 bits per heavy atom. The maximum atomic E-state index is 13.1. The monoisotopic (exact) mass is 266 g/mol. The molecule has 0 saturated carbocycles. The molecule has 0 saturated heterocycles. The van der Waals surface area contributed by atoms with Crippen LogP contribution >= 0.6 is 0 Å². The fraction of sp³-hybridized carbons (Fsp3) is 0.562. The average molecular weight is 266 g/mol. The van der Waals surface area contributed by atoms with Crippen molar-refractivity contribution >= 4 is 5.97 Å². The van der Waals surface area contributed by atoms with Crippen molar-refractivity contribution in [2.24, 2.45) is 5.41 Å². The molecule has 1 aromatic rings. The van der Waals surface area contributed by atoms with Crippen molar-refractivity contribution in [1.29, 1.82) is 0 Å². The number of hydrogen-bond donors (Lipinski definition) is 1. The van der Waals surface area contributed by atoms with Crippen molar-refractivity contribution in [2.75, 3.05) is 0 Å². The summed E-state index contributed by atoms with van der Waals surface area (Å²) < 4.78 is 13.1. The van der Waals surface area contributed by atoms with E-state index in [4.69, 9.17) is 0 Å². The van der Waals surface area contributed by atoms with E-state index >= 15 is 0 Å². The Bertz CT molecular complexity index is 442. The van der Waals surface area contributed by atoms with Gasteiger partial charge in [-0.2, -0.15) is 0 Å². The number of unbranched alkanes of at least 4 members (excludes halogenated alkanes) is 1. The lowest BCUT2D eigenvalue weighted by molar-refractivity contribution is -0.149. The van der Waals surface area contributed by atoms with E-state index in [9.17, 15) is 14.3 Å². The average Bonchev–Trinajstić information content (AvgIpc) is 2.37. The van der Waals surface area contributed by atoms with Gasteiger partial charge in [0.15, 0.2) is 0 Å². The molecule has 3 heteroatoms. The molecule has 2 nitrogen and oxygen atoms in total. The Kier molecular flexibility index (Phi) is 5.52. The summed E-state index contributed by atoms with van der Waals surface area (Å²) in [5.74, 6) is -1.01. The Balaban J connectivity index is 3.02. The van der Waals surface area contributed by atoms with Crippen molar-refractivity contribution in [3.05, 3.63) is 35.1 Å². The summed E-state index contributed by atoms with van der Waals surface area (Å²) in [5.41, 5.74) is 1.04. The van der Waals surface area contributed by atoms with Crippen molar-refractivity contribution in [1.82, 2.24) is 0 Å². The quantitative estimate of drug-likeness (QED) is 0.796. The molecule has 0 amide bonds. The zero-order chi connectivity index (χ0) is 14.5. The fourth-order valence-electron chi connectivity index (χ4n) is 2.46. The van der Waals surface area contributed by atoms with Crippen LogP contribution in [0.4, 0.5) is 4.39 Å². The maximum absolute atomic E-state index is 13.1. The second-order valence-corrected chi connectivity index (χ2v) is 5.29. The second-order valence-electron chi connectivity index (χ2n) is 5.29. The summed E-state index contributed by atoms with van der Waals surface area (Å²) in [5, 5.41) is 9.58. The van der Waals surface area contributed by atoms with E-state index in [1.165, 1.54) is 12.1 Å². The van der Waals surface area contributed by atoms with Gasteiger partial charge in [0.1, 0.15) is 5.82 Å². The number of hydrogen-bond acceptors (Lipinski definition) is 1. The molecule has 0 radical (unpaired) electrons. The molecule has 0 aliphatic carbocycles. The van der Waals surface area contributed by atoms with Crippen LogP contribution < -0.4 is 0 Å². The molecule has 0 aliphatic heterocycles. The minimum atomic E-state index is -0.743. The molecule has 0 aromatic heterocycles. The molecular formula is C16H23FO2. The standard InChI is InChI=1S/C16H23FO2/c1-4-6-9-16(5-2,15(18)19)11-13-7-8-14(17)10-12(13)3/h7-8,10H,4-6,9,11H2,1-3H3,(H,18,19). The fourth-order valence-corrected chi connectivity index (χ4v) is 2.46. The largest absolute Gasteiger partial charge is 0.481 e. The third-order valence-corrected chi connectivity index (χ3v) is 3.97. The van der Waals surface area contributed by atoms with Crippen LogP contribution in [0, 0.1) is 18.2 Å². The number of benzene rings is 1. The summed E-state index contributed by atoms with van der Waals surface area (Å²) in [6.07, 6.45) is 3.63. The molecule has 1 aromatic carbocycles. The van der Waals surface area contributed by atoms with Crippen molar-refractivity contribution in [3.8, 4) is 0 Å². The van der Waals surface area contributed by atoms with E-state index < -0.39 is 11.4 Å². The van der Waals surface area contributed by atoms with Crippen LogP contribution in [-0.2, 0) is 11.2 Å². The molecule has 1 N–H and O–H groups in total. The summed E-state index contributed by atoms with van der Waals surface area (Å²) in [7, 11) is 0. The van der Waals surface area contributed by atoms with E-state index in [1.807, 2.05) is 13.8 Å². The highest BCUT2D eigenvalue weighted by Gasteiger charge is 2.36. The van der Waals surface area contributed by atoms with E-state index in [0.29, 0.717) is 19.3 Å². The third-order valence-electron chi connectivity index (χ3n) is 3.97. The number of halogens is 1. The van der Waals surface area contributed by atoms with Gasteiger partial charge in [0.2, 0.25) is 0 Å². The van der Waals surface area contributed by atoms with Crippen LogP contribution in [0.15, 0.2) is 18.2 Å². The molecule has 0 aliphatic rings. The van der Waals surface area contributed by atoms with Gasteiger partial charge in [-0.05, 0) is 49.4 Å². The topological polar surface area (TPSA) is 37.3 Å². The molecule has 0 fully saturated rings. The molecule has 0 spiro atoms. The van der Waals surface area contributed by atoms with Gasteiger partial charge in [-0.15, -0.1) is 0 Å². The normalized spacial score (nSPS) is 14.1. The number of carboxylic acid groups (broad SMARTS) is 1. The van der Waals surface area contributed by atoms with E-state index in [1.54, 1.807) is 6.07 Å². The maximum Gasteiger partial charge on any atom is 0.309 e. The van der Waals surface area contributed by atoms with Crippen LogP contribution in [0.25, 0.3) is 0 Å². The van der Waals surface area contributed by atoms with Gasteiger partial charge in [0.05, 0.1) is 5.41 Å². The van der Waals surface area contributed by atoms with Gasteiger partial charge in [0, 0.05) is 0 Å². The van der Waals surface area contributed by atoms with E-state index in [2.05, 4.69) is 6.92 Å². The highest BCUT2D eigenvalue weighted by Crippen LogP contribution is 2.34. The summed E-state index contributed by atoms with van der Waals surface area (Å²) in [6.45, 7) is 5.81. The lowest BCUT2D eigenvalue weighted by Crippen LogP contribution is -2.33. The van der Waals surface area contributed by atoms with Crippen LogP contribution in [0.1, 0.15) is 50.7 Å².